The smallest absolute Gasteiger partial charge is 0.212 e. The lowest BCUT2D eigenvalue weighted by Gasteiger charge is -2.04. The summed E-state index contributed by atoms with van der Waals surface area (Å²) >= 11 is 0. The average Bonchev–Trinajstić information content (AvgIpc) is 3.07. The topological polar surface area (TPSA) is 74.6 Å². The standard InChI is InChI=1S/C16H14N6/c1-3-11-9-12-5-2-6-17-15(12)21-14(11)13(4-1)10-20-22-16-18-7-8-19-16/h1-6,9-10H,7-8H2,(H2,18,19,22)/b20-10+. The molecule has 3 aromatic rings. The number of hydrogen-bond acceptors (Lipinski definition) is 6. The molecule has 0 saturated carbocycles. The van der Waals surface area contributed by atoms with Crippen LogP contribution in [0.15, 0.2) is 52.7 Å². The number of pyridine rings is 2. The van der Waals surface area contributed by atoms with E-state index in [0.29, 0.717) is 5.96 Å². The van der Waals surface area contributed by atoms with Crippen LogP contribution in [0.25, 0.3) is 21.9 Å². The summed E-state index contributed by atoms with van der Waals surface area (Å²) in [6.45, 7) is 1.64. The second kappa shape index (κ2) is 5.40. The molecule has 2 N–H and O–H groups in total. The summed E-state index contributed by atoms with van der Waals surface area (Å²) < 4.78 is 0. The number of guanidine groups is 1. The fourth-order valence-electron chi connectivity index (χ4n) is 2.45. The zero-order chi connectivity index (χ0) is 14.8. The number of rotatable bonds is 2. The average molecular weight is 290 g/mol. The van der Waals surface area contributed by atoms with Crippen LogP contribution >= 0.6 is 0 Å². The summed E-state index contributed by atoms with van der Waals surface area (Å²) in [5, 5.41) is 9.43. The van der Waals surface area contributed by atoms with Gasteiger partial charge >= 0.3 is 0 Å². The Kier molecular flexibility index (Phi) is 3.12. The molecule has 1 aliphatic heterocycles. The van der Waals surface area contributed by atoms with Gasteiger partial charge in [0.15, 0.2) is 5.65 Å². The van der Waals surface area contributed by atoms with Crippen LogP contribution in [0.3, 0.4) is 0 Å². The Morgan fingerprint density at radius 3 is 3.05 bits per heavy atom. The molecule has 0 atom stereocenters. The van der Waals surface area contributed by atoms with E-state index < -0.39 is 0 Å². The Morgan fingerprint density at radius 1 is 1.18 bits per heavy atom. The van der Waals surface area contributed by atoms with E-state index in [1.165, 1.54) is 0 Å². The third-order valence-electron chi connectivity index (χ3n) is 3.49. The third-order valence-corrected chi connectivity index (χ3v) is 3.49. The van der Waals surface area contributed by atoms with Crippen LogP contribution in [0.2, 0.25) is 0 Å². The highest BCUT2D eigenvalue weighted by Crippen LogP contribution is 2.20. The van der Waals surface area contributed by atoms with Crippen molar-refractivity contribution in [3.63, 3.8) is 0 Å². The van der Waals surface area contributed by atoms with E-state index in [4.69, 9.17) is 0 Å². The lowest BCUT2D eigenvalue weighted by atomic mass is 10.1. The number of nitrogens with zero attached hydrogens (tertiary/aromatic N) is 4. The summed E-state index contributed by atoms with van der Waals surface area (Å²) in [6.07, 6.45) is 3.51. The lowest BCUT2D eigenvalue weighted by Crippen LogP contribution is -2.30. The van der Waals surface area contributed by atoms with Gasteiger partial charge in [0.25, 0.3) is 0 Å². The molecule has 0 unspecified atom stereocenters. The molecule has 3 heterocycles. The number of hydrogen-bond donors (Lipinski definition) is 2. The van der Waals surface area contributed by atoms with Gasteiger partial charge < -0.3 is 5.32 Å². The zero-order valence-corrected chi connectivity index (χ0v) is 11.8. The van der Waals surface area contributed by atoms with Crippen LogP contribution in [0, 0.1) is 0 Å². The van der Waals surface area contributed by atoms with E-state index in [1.54, 1.807) is 12.4 Å². The van der Waals surface area contributed by atoms with Crippen LogP contribution in [0.1, 0.15) is 5.56 Å². The molecule has 0 saturated heterocycles. The van der Waals surface area contributed by atoms with Gasteiger partial charge in [-0.25, -0.2) is 20.4 Å². The molecule has 4 rings (SSSR count). The quantitative estimate of drug-likeness (QED) is 0.428. The molecule has 0 spiro atoms. The van der Waals surface area contributed by atoms with Gasteiger partial charge in [-0.05, 0) is 18.2 Å². The van der Waals surface area contributed by atoms with Gasteiger partial charge in [-0.15, -0.1) is 0 Å². The molecular weight excluding hydrogens is 276 g/mol. The minimum Gasteiger partial charge on any atom is -0.353 e. The Labute approximate surface area is 127 Å². The van der Waals surface area contributed by atoms with E-state index >= 15 is 0 Å². The Bertz CT molecular complexity index is 899. The first kappa shape index (κ1) is 12.7. The van der Waals surface area contributed by atoms with Crippen molar-refractivity contribution in [3.8, 4) is 0 Å². The van der Waals surface area contributed by atoms with Crippen LogP contribution in [-0.4, -0.2) is 35.2 Å². The van der Waals surface area contributed by atoms with E-state index in [9.17, 15) is 0 Å². The summed E-state index contributed by atoms with van der Waals surface area (Å²) in [5.74, 6) is 0.705. The molecule has 0 radical (unpaired) electrons. The highest BCUT2D eigenvalue weighted by atomic mass is 15.4. The number of hydrazone groups is 1. The van der Waals surface area contributed by atoms with E-state index in [0.717, 1.165) is 40.6 Å². The summed E-state index contributed by atoms with van der Waals surface area (Å²) in [4.78, 5) is 13.2. The van der Waals surface area contributed by atoms with Crippen molar-refractivity contribution in [3.05, 3.63) is 48.2 Å². The fraction of sp³-hybridized carbons (Fsp3) is 0.125. The van der Waals surface area contributed by atoms with Gasteiger partial charge in [-0.1, -0.05) is 18.2 Å². The van der Waals surface area contributed by atoms with Gasteiger partial charge in [-0.2, -0.15) is 5.10 Å². The SMILES string of the molecule is C(=N\NC1=NCCN1)/c1cccc2cc3cccnc3nc12. The molecular formula is C16H14N6. The van der Waals surface area contributed by atoms with Crippen LogP contribution < -0.4 is 10.7 Å². The Balaban J connectivity index is 1.73. The lowest BCUT2D eigenvalue weighted by molar-refractivity contribution is 0.920. The van der Waals surface area contributed by atoms with Gasteiger partial charge in [0.05, 0.1) is 18.3 Å². The molecule has 1 aliphatic rings. The van der Waals surface area contributed by atoms with Gasteiger partial charge in [0.2, 0.25) is 5.96 Å². The summed E-state index contributed by atoms with van der Waals surface area (Å²) in [6, 6.07) is 12.1. The van der Waals surface area contributed by atoms with Crippen molar-refractivity contribution in [1.29, 1.82) is 0 Å². The number of benzene rings is 1. The predicted molar refractivity (Wildman–Crippen MR) is 88.1 cm³/mol. The van der Waals surface area contributed by atoms with Crippen molar-refractivity contribution in [1.82, 2.24) is 20.7 Å². The maximum atomic E-state index is 4.65. The highest BCUT2D eigenvalue weighted by molar-refractivity contribution is 6.01. The van der Waals surface area contributed by atoms with Crippen LogP contribution in [-0.2, 0) is 0 Å². The Hall–Kier alpha value is -3.02. The van der Waals surface area contributed by atoms with Crippen LogP contribution in [0.5, 0.6) is 0 Å². The summed E-state index contributed by atoms with van der Waals surface area (Å²) in [7, 11) is 0. The third kappa shape index (κ3) is 2.35. The van der Waals surface area contributed by atoms with E-state index in [1.807, 2.05) is 30.3 Å². The second-order valence-corrected chi connectivity index (χ2v) is 4.98. The maximum absolute atomic E-state index is 4.65. The minimum atomic E-state index is 0.705. The molecule has 108 valence electrons. The van der Waals surface area contributed by atoms with Crippen molar-refractivity contribution >= 4 is 34.1 Å². The molecule has 0 bridgehead atoms. The predicted octanol–water partition coefficient (Wildman–Crippen LogP) is 1.67. The monoisotopic (exact) mass is 290 g/mol. The van der Waals surface area contributed by atoms with Crippen molar-refractivity contribution in [2.24, 2.45) is 10.1 Å². The fourth-order valence-corrected chi connectivity index (χ4v) is 2.45. The first-order valence-electron chi connectivity index (χ1n) is 7.12. The van der Waals surface area contributed by atoms with Gasteiger partial charge in [-0.3, -0.25) is 0 Å². The van der Waals surface area contributed by atoms with E-state index in [2.05, 4.69) is 36.9 Å². The van der Waals surface area contributed by atoms with Crippen molar-refractivity contribution in [2.45, 2.75) is 0 Å². The number of aliphatic imine (C=N–C) groups is 1. The first-order valence-corrected chi connectivity index (χ1v) is 7.12. The number of para-hydroxylation sites is 1. The normalized spacial score (nSPS) is 14.5. The van der Waals surface area contributed by atoms with Gasteiger partial charge in [0.1, 0.15) is 0 Å². The molecule has 6 nitrogen and oxygen atoms in total. The molecule has 6 heteroatoms. The van der Waals surface area contributed by atoms with Crippen molar-refractivity contribution < 1.29 is 0 Å². The molecule has 0 amide bonds. The largest absolute Gasteiger partial charge is 0.353 e. The van der Waals surface area contributed by atoms with Crippen LogP contribution in [0.4, 0.5) is 0 Å². The molecule has 2 aromatic heterocycles. The molecule has 22 heavy (non-hydrogen) atoms. The molecule has 1 aromatic carbocycles. The first-order chi connectivity index (χ1) is 10.9. The molecule has 0 aliphatic carbocycles. The van der Waals surface area contributed by atoms with Gasteiger partial charge in [0, 0.05) is 29.1 Å². The minimum absolute atomic E-state index is 0.705. The highest BCUT2D eigenvalue weighted by Gasteiger charge is 2.05. The number of fused-ring (bicyclic) bond motifs is 2. The Morgan fingerprint density at radius 2 is 2.14 bits per heavy atom. The number of nitrogens with one attached hydrogen (secondary N) is 2. The second-order valence-electron chi connectivity index (χ2n) is 4.98. The molecule has 0 fully saturated rings. The van der Waals surface area contributed by atoms with Crippen molar-refractivity contribution in [2.75, 3.05) is 13.1 Å². The summed E-state index contributed by atoms with van der Waals surface area (Å²) in [5.41, 5.74) is 5.47. The van der Waals surface area contributed by atoms with E-state index in [-0.39, 0.29) is 0 Å². The zero-order valence-electron chi connectivity index (χ0n) is 11.8. The maximum Gasteiger partial charge on any atom is 0.212 e. The number of aromatic nitrogens is 2.